The molecule has 0 saturated carbocycles. The molecule has 1 aromatic rings. The highest BCUT2D eigenvalue weighted by Gasteiger charge is 2.18. The smallest absolute Gasteiger partial charge is 0.0362 e. The second kappa shape index (κ2) is 6.98. The molecule has 0 amide bonds. The molecule has 1 saturated heterocycles. The molecule has 0 bridgehead atoms. The number of hydrogen-bond acceptors (Lipinski definition) is 3. The number of likely N-dealkylation sites (tertiary alicyclic amines) is 1. The van der Waals surface area contributed by atoms with Crippen molar-refractivity contribution >= 4 is 11.4 Å². The third-order valence-corrected chi connectivity index (χ3v) is 4.25. The molecular weight excluding hydrogens is 246 g/mol. The highest BCUT2D eigenvalue weighted by atomic mass is 15.1. The lowest BCUT2D eigenvalue weighted by Crippen LogP contribution is -2.32. The van der Waals surface area contributed by atoms with Gasteiger partial charge < -0.3 is 15.1 Å². The summed E-state index contributed by atoms with van der Waals surface area (Å²) in [5.74, 6) is 0. The number of hydrogen-bond donors (Lipinski definition) is 1. The van der Waals surface area contributed by atoms with E-state index in [9.17, 15) is 0 Å². The molecule has 1 aromatic carbocycles. The molecule has 3 nitrogen and oxygen atoms in total. The fourth-order valence-corrected chi connectivity index (χ4v) is 2.87. The highest BCUT2D eigenvalue weighted by molar-refractivity contribution is 5.54. The van der Waals surface area contributed by atoms with Crippen molar-refractivity contribution in [3.63, 3.8) is 0 Å². The van der Waals surface area contributed by atoms with Gasteiger partial charge >= 0.3 is 0 Å². The largest absolute Gasteiger partial charge is 0.382 e. The second-order valence-corrected chi connectivity index (χ2v) is 6.34. The van der Waals surface area contributed by atoms with E-state index in [1.54, 1.807) is 0 Å². The monoisotopic (exact) mass is 275 g/mol. The summed E-state index contributed by atoms with van der Waals surface area (Å²) in [6, 6.07) is 10.0. The van der Waals surface area contributed by atoms with Crippen LogP contribution in [0.3, 0.4) is 0 Å². The van der Waals surface area contributed by atoms with Crippen LogP contribution in [0.4, 0.5) is 11.4 Å². The Labute approximate surface area is 124 Å². The van der Waals surface area contributed by atoms with Crippen molar-refractivity contribution in [2.24, 2.45) is 0 Å². The van der Waals surface area contributed by atoms with E-state index in [4.69, 9.17) is 0 Å². The van der Waals surface area contributed by atoms with Crippen LogP contribution in [0, 0.1) is 0 Å². The Morgan fingerprint density at radius 2 is 1.80 bits per heavy atom. The molecule has 1 aliphatic heterocycles. The van der Waals surface area contributed by atoms with E-state index in [-0.39, 0.29) is 0 Å². The minimum absolute atomic E-state index is 0.615. The SMILES string of the molecule is CC(C)N1CCCC(Nc2ccc(N(C)C)cc2)CC1. The highest BCUT2D eigenvalue weighted by Crippen LogP contribution is 2.20. The van der Waals surface area contributed by atoms with Gasteiger partial charge in [-0.3, -0.25) is 0 Å². The van der Waals surface area contributed by atoms with Gasteiger partial charge in [-0.25, -0.2) is 0 Å². The van der Waals surface area contributed by atoms with Crippen LogP contribution in [0.1, 0.15) is 33.1 Å². The molecule has 2 rings (SSSR count). The molecule has 0 aromatic heterocycles. The maximum Gasteiger partial charge on any atom is 0.0362 e. The molecule has 3 heteroatoms. The van der Waals surface area contributed by atoms with Crippen LogP contribution in [0.25, 0.3) is 0 Å². The molecule has 1 atom stereocenters. The summed E-state index contributed by atoms with van der Waals surface area (Å²) in [7, 11) is 4.16. The predicted octanol–water partition coefficient (Wildman–Crippen LogP) is 3.43. The van der Waals surface area contributed by atoms with Gasteiger partial charge in [0, 0.05) is 44.1 Å². The molecule has 1 N–H and O–H groups in total. The summed E-state index contributed by atoms with van der Waals surface area (Å²) in [5.41, 5.74) is 2.50. The predicted molar refractivity (Wildman–Crippen MR) is 88.7 cm³/mol. The number of nitrogens with zero attached hydrogens (tertiary/aromatic N) is 2. The first-order valence-corrected chi connectivity index (χ1v) is 7.84. The lowest BCUT2D eigenvalue weighted by molar-refractivity contribution is 0.230. The van der Waals surface area contributed by atoms with Gasteiger partial charge in [0.2, 0.25) is 0 Å². The Morgan fingerprint density at radius 1 is 1.10 bits per heavy atom. The first kappa shape index (κ1) is 15.2. The van der Waals surface area contributed by atoms with Crippen LogP contribution >= 0.6 is 0 Å². The van der Waals surface area contributed by atoms with Gasteiger partial charge in [0.15, 0.2) is 0 Å². The molecule has 1 fully saturated rings. The third-order valence-electron chi connectivity index (χ3n) is 4.25. The van der Waals surface area contributed by atoms with Gasteiger partial charge in [-0.1, -0.05) is 0 Å². The van der Waals surface area contributed by atoms with Gasteiger partial charge in [-0.15, -0.1) is 0 Å². The van der Waals surface area contributed by atoms with Crippen LogP contribution in [0.15, 0.2) is 24.3 Å². The number of benzene rings is 1. The van der Waals surface area contributed by atoms with Crippen molar-refractivity contribution in [2.45, 2.75) is 45.2 Å². The van der Waals surface area contributed by atoms with E-state index >= 15 is 0 Å². The van der Waals surface area contributed by atoms with Crippen molar-refractivity contribution in [3.05, 3.63) is 24.3 Å². The summed E-state index contributed by atoms with van der Waals surface area (Å²) < 4.78 is 0. The van der Waals surface area contributed by atoms with Crippen LogP contribution in [-0.4, -0.2) is 44.2 Å². The molecule has 0 aliphatic carbocycles. The van der Waals surface area contributed by atoms with Gasteiger partial charge in [-0.05, 0) is 63.9 Å². The summed E-state index contributed by atoms with van der Waals surface area (Å²) in [4.78, 5) is 4.73. The Morgan fingerprint density at radius 3 is 2.40 bits per heavy atom. The van der Waals surface area contributed by atoms with Crippen LogP contribution in [0.2, 0.25) is 0 Å². The van der Waals surface area contributed by atoms with E-state index in [0.717, 1.165) is 0 Å². The number of nitrogens with one attached hydrogen (secondary N) is 1. The number of anilines is 2. The van der Waals surface area contributed by atoms with Gasteiger partial charge in [0.1, 0.15) is 0 Å². The van der Waals surface area contributed by atoms with Crippen molar-refractivity contribution < 1.29 is 0 Å². The lowest BCUT2D eigenvalue weighted by atomic mass is 10.1. The molecule has 0 spiro atoms. The third kappa shape index (κ3) is 4.14. The quantitative estimate of drug-likeness (QED) is 0.908. The summed E-state index contributed by atoms with van der Waals surface area (Å²) in [5, 5.41) is 3.70. The zero-order chi connectivity index (χ0) is 14.5. The zero-order valence-corrected chi connectivity index (χ0v) is 13.4. The van der Waals surface area contributed by atoms with Gasteiger partial charge in [-0.2, -0.15) is 0 Å². The first-order valence-electron chi connectivity index (χ1n) is 7.84. The van der Waals surface area contributed by atoms with E-state index < -0.39 is 0 Å². The van der Waals surface area contributed by atoms with Crippen LogP contribution < -0.4 is 10.2 Å². The minimum atomic E-state index is 0.615. The molecule has 20 heavy (non-hydrogen) atoms. The molecule has 0 radical (unpaired) electrons. The van der Waals surface area contributed by atoms with Crippen molar-refractivity contribution in [2.75, 3.05) is 37.4 Å². The zero-order valence-electron chi connectivity index (χ0n) is 13.4. The molecule has 1 aliphatic rings. The summed E-state index contributed by atoms with van der Waals surface area (Å²) >= 11 is 0. The van der Waals surface area contributed by atoms with E-state index in [1.807, 2.05) is 0 Å². The lowest BCUT2D eigenvalue weighted by Gasteiger charge is -2.24. The van der Waals surface area contributed by atoms with Crippen molar-refractivity contribution in [3.8, 4) is 0 Å². The molecular formula is C17H29N3. The van der Waals surface area contributed by atoms with Crippen LogP contribution in [-0.2, 0) is 0 Å². The minimum Gasteiger partial charge on any atom is -0.382 e. The molecule has 112 valence electrons. The van der Waals surface area contributed by atoms with E-state index in [0.29, 0.717) is 12.1 Å². The van der Waals surface area contributed by atoms with E-state index in [2.05, 4.69) is 67.3 Å². The molecule has 1 unspecified atom stereocenters. The normalized spacial score (nSPS) is 20.8. The molecule has 1 heterocycles. The summed E-state index contributed by atoms with van der Waals surface area (Å²) in [6.07, 6.45) is 3.82. The van der Waals surface area contributed by atoms with E-state index in [1.165, 1.54) is 43.7 Å². The topological polar surface area (TPSA) is 18.5 Å². The van der Waals surface area contributed by atoms with Crippen molar-refractivity contribution in [1.29, 1.82) is 0 Å². The Kier molecular flexibility index (Phi) is 5.30. The summed E-state index contributed by atoms with van der Waals surface area (Å²) in [6.45, 7) is 7.06. The number of rotatable bonds is 4. The average molecular weight is 275 g/mol. The van der Waals surface area contributed by atoms with Crippen molar-refractivity contribution in [1.82, 2.24) is 4.90 Å². The maximum atomic E-state index is 3.70. The fraction of sp³-hybridized carbons (Fsp3) is 0.647. The second-order valence-electron chi connectivity index (χ2n) is 6.34. The average Bonchev–Trinajstić information content (AvgIpc) is 2.65. The Balaban J connectivity index is 1.89. The van der Waals surface area contributed by atoms with Crippen LogP contribution in [0.5, 0.6) is 0 Å². The van der Waals surface area contributed by atoms with Gasteiger partial charge in [0.25, 0.3) is 0 Å². The standard InChI is InChI=1S/C17H29N3/c1-14(2)20-12-5-6-15(11-13-20)18-16-7-9-17(10-8-16)19(3)4/h7-10,14-15,18H,5-6,11-13H2,1-4H3. The fourth-order valence-electron chi connectivity index (χ4n) is 2.87. The first-order chi connectivity index (χ1) is 9.56. The maximum absolute atomic E-state index is 3.70. The Hall–Kier alpha value is -1.22. The Bertz CT molecular complexity index is 397. The van der Waals surface area contributed by atoms with Gasteiger partial charge in [0.05, 0.1) is 0 Å².